The maximum atomic E-state index is 12.1. The van der Waals surface area contributed by atoms with Crippen molar-refractivity contribution in [1.29, 1.82) is 0 Å². The molecule has 11 nitrogen and oxygen atoms in total. The number of hydrogen-bond acceptors (Lipinski definition) is 9. The second kappa shape index (κ2) is 10.5. The van der Waals surface area contributed by atoms with E-state index in [1.165, 1.54) is 12.3 Å². The highest BCUT2D eigenvalue weighted by molar-refractivity contribution is 5.93. The van der Waals surface area contributed by atoms with E-state index in [1.54, 1.807) is 36.4 Å². The number of amides is 1. The molecule has 0 saturated carbocycles. The van der Waals surface area contributed by atoms with Gasteiger partial charge in [0.1, 0.15) is 17.8 Å². The predicted octanol–water partition coefficient (Wildman–Crippen LogP) is 3.46. The van der Waals surface area contributed by atoms with Gasteiger partial charge in [-0.1, -0.05) is 19.4 Å². The van der Waals surface area contributed by atoms with Crippen molar-refractivity contribution in [3.8, 4) is 5.75 Å². The van der Waals surface area contributed by atoms with Gasteiger partial charge in [-0.25, -0.2) is 9.97 Å². The molecule has 3 rings (SSSR count). The highest BCUT2D eigenvalue weighted by atomic mass is 16.6. The zero-order chi connectivity index (χ0) is 22.1. The summed E-state index contributed by atoms with van der Waals surface area (Å²) in [6.45, 7) is 2.71. The van der Waals surface area contributed by atoms with E-state index in [9.17, 15) is 14.9 Å². The van der Waals surface area contributed by atoms with Gasteiger partial charge in [0.05, 0.1) is 11.5 Å². The van der Waals surface area contributed by atoms with Gasteiger partial charge < -0.3 is 10.1 Å². The molecule has 0 aliphatic heterocycles. The van der Waals surface area contributed by atoms with Crippen molar-refractivity contribution in [2.45, 2.75) is 19.8 Å². The Hall–Kier alpha value is -4.28. The van der Waals surface area contributed by atoms with Crippen LogP contribution in [-0.2, 0) is 0 Å². The first-order chi connectivity index (χ1) is 15.1. The van der Waals surface area contributed by atoms with E-state index < -0.39 is 16.5 Å². The Morgan fingerprint density at radius 1 is 1.10 bits per heavy atom. The largest absolute Gasteiger partial charge is 0.494 e. The lowest BCUT2D eigenvalue weighted by atomic mass is 10.3. The Kier molecular flexibility index (Phi) is 7.25. The summed E-state index contributed by atoms with van der Waals surface area (Å²) in [6.07, 6.45) is 4.60. The monoisotopic (exact) mass is 423 g/mol. The molecule has 0 atom stereocenters. The number of hydrogen-bond donors (Lipinski definition) is 3. The quantitative estimate of drug-likeness (QED) is 0.253. The lowest BCUT2D eigenvalue weighted by Crippen LogP contribution is -2.31. The molecular formula is C20H21N7O4. The molecule has 2 heterocycles. The van der Waals surface area contributed by atoms with Gasteiger partial charge in [0, 0.05) is 11.9 Å². The summed E-state index contributed by atoms with van der Waals surface area (Å²) in [4.78, 5) is 34.9. The van der Waals surface area contributed by atoms with Crippen LogP contribution in [0.1, 0.15) is 30.3 Å². The minimum atomic E-state index is -0.639. The van der Waals surface area contributed by atoms with E-state index in [-0.39, 0.29) is 17.3 Å². The molecule has 3 N–H and O–H groups in total. The molecule has 0 fully saturated rings. The standard InChI is InChI=1S/C20H21N7O4/c1-2-3-12-31-15-9-7-14(8-10-15)24-18-17(27(29)30)19(23-13-22-18)25-26-20(28)16-6-4-5-11-21-16/h4-11,13H,2-3,12H2,1H3,(H,26,28)(H2,22,23,24,25). The summed E-state index contributed by atoms with van der Waals surface area (Å²) in [5, 5.41) is 14.5. The average molecular weight is 423 g/mol. The molecule has 160 valence electrons. The number of hydrazine groups is 1. The molecular weight excluding hydrogens is 402 g/mol. The molecule has 0 aliphatic carbocycles. The molecule has 0 bridgehead atoms. The Morgan fingerprint density at radius 2 is 1.87 bits per heavy atom. The fourth-order valence-corrected chi connectivity index (χ4v) is 2.52. The minimum Gasteiger partial charge on any atom is -0.494 e. The predicted molar refractivity (Wildman–Crippen MR) is 114 cm³/mol. The van der Waals surface area contributed by atoms with E-state index in [2.05, 4.69) is 38.0 Å². The van der Waals surface area contributed by atoms with Gasteiger partial charge in [0.25, 0.3) is 5.91 Å². The number of nitro groups is 1. The normalized spacial score (nSPS) is 10.2. The van der Waals surface area contributed by atoms with Crippen molar-refractivity contribution < 1.29 is 14.5 Å². The molecule has 1 amide bonds. The highest BCUT2D eigenvalue weighted by Crippen LogP contribution is 2.31. The minimum absolute atomic E-state index is 0.0331. The maximum absolute atomic E-state index is 12.1. The van der Waals surface area contributed by atoms with E-state index in [1.807, 2.05) is 0 Å². The molecule has 0 radical (unpaired) electrons. The van der Waals surface area contributed by atoms with Crippen LogP contribution in [0.25, 0.3) is 0 Å². The maximum Gasteiger partial charge on any atom is 0.355 e. The molecule has 0 spiro atoms. The summed E-state index contributed by atoms with van der Waals surface area (Å²) in [7, 11) is 0. The van der Waals surface area contributed by atoms with E-state index in [0.29, 0.717) is 18.0 Å². The first kappa shape index (κ1) is 21.4. The van der Waals surface area contributed by atoms with Gasteiger partial charge in [0.15, 0.2) is 0 Å². The number of pyridine rings is 1. The van der Waals surface area contributed by atoms with Crippen molar-refractivity contribution >= 4 is 28.9 Å². The van der Waals surface area contributed by atoms with Gasteiger partial charge in [0.2, 0.25) is 11.6 Å². The molecule has 31 heavy (non-hydrogen) atoms. The van der Waals surface area contributed by atoms with Crippen LogP contribution in [0.3, 0.4) is 0 Å². The second-order valence-corrected chi connectivity index (χ2v) is 6.32. The van der Waals surface area contributed by atoms with Gasteiger partial charge in [-0.05, 0) is 42.8 Å². The highest BCUT2D eigenvalue weighted by Gasteiger charge is 2.24. The summed E-state index contributed by atoms with van der Waals surface area (Å²) in [5.74, 6) is -0.0713. The molecule has 2 aromatic heterocycles. The molecule has 1 aromatic carbocycles. The number of nitrogens with one attached hydrogen (secondary N) is 3. The van der Waals surface area contributed by atoms with Crippen molar-refractivity contribution in [2.75, 3.05) is 17.3 Å². The first-order valence-corrected chi connectivity index (χ1v) is 9.55. The number of unbranched alkanes of at least 4 members (excludes halogenated alkanes) is 1. The number of ether oxygens (including phenoxy) is 1. The third-order valence-corrected chi connectivity index (χ3v) is 4.08. The van der Waals surface area contributed by atoms with Crippen LogP contribution in [0.5, 0.6) is 5.75 Å². The van der Waals surface area contributed by atoms with Crippen molar-refractivity contribution in [3.63, 3.8) is 0 Å². The smallest absolute Gasteiger partial charge is 0.355 e. The number of nitrogens with zero attached hydrogens (tertiary/aromatic N) is 4. The van der Waals surface area contributed by atoms with Crippen LogP contribution in [0.15, 0.2) is 55.0 Å². The van der Waals surface area contributed by atoms with Crippen LogP contribution < -0.4 is 20.9 Å². The Balaban J connectivity index is 1.72. The zero-order valence-corrected chi connectivity index (χ0v) is 16.7. The van der Waals surface area contributed by atoms with Crippen LogP contribution in [0.4, 0.5) is 23.0 Å². The number of benzene rings is 1. The molecule has 0 saturated heterocycles. The van der Waals surface area contributed by atoms with Crippen LogP contribution in [0.2, 0.25) is 0 Å². The third-order valence-electron chi connectivity index (χ3n) is 4.08. The van der Waals surface area contributed by atoms with Crippen LogP contribution in [0, 0.1) is 10.1 Å². The number of rotatable bonds is 10. The number of carbonyl (C=O) groups excluding carboxylic acids is 1. The van der Waals surface area contributed by atoms with Crippen LogP contribution >= 0.6 is 0 Å². The number of carbonyl (C=O) groups is 1. The fraction of sp³-hybridized carbons (Fsp3) is 0.200. The summed E-state index contributed by atoms with van der Waals surface area (Å²) in [5.41, 5.74) is 5.11. The average Bonchev–Trinajstić information content (AvgIpc) is 2.79. The molecule has 0 aliphatic rings. The summed E-state index contributed by atoms with van der Waals surface area (Å²) < 4.78 is 5.61. The Bertz CT molecular complexity index is 1030. The Labute approximate surface area is 178 Å². The van der Waals surface area contributed by atoms with Crippen molar-refractivity contribution in [1.82, 2.24) is 20.4 Å². The van der Waals surface area contributed by atoms with Gasteiger partial charge in [-0.2, -0.15) is 0 Å². The third kappa shape index (κ3) is 5.85. The molecule has 0 unspecified atom stereocenters. The van der Waals surface area contributed by atoms with Gasteiger partial charge in [-0.15, -0.1) is 0 Å². The first-order valence-electron chi connectivity index (χ1n) is 9.55. The summed E-state index contributed by atoms with van der Waals surface area (Å²) >= 11 is 0. The zero-order valence-electron chi connectivity index (χ0n) is 16.7. The summed E-state index contributed by atoms with van der Waals surface area (Å²) in [6, 6.07) is 11.8. The van der Waals surface area contributed by atoms with Crippen molar-refractivity contribution in [3.05, 3.63) is 70.8 Å². The molecule has 11 heteroatoms. The SMILES string of the molecule is CCCCOc1ccc(Nc2ncnc(NNC(=O)c3ccccn3)c2[N+](=O)[O-])cc1. The van der Waals surface area contributed by atoms with E-state index in [4.69, 9.17) is 4.74 Å². The molecule has 3 aromatic rings. The van der Waals surface area contributed by atoms with Gasteiger partial charge in [-0.3, -0.25) is 30.7 Å². The lowest BCUT2D eigenvalue weighted by molar-refractivity contribution is -0.383. The van der Waals surface area contributed by atoms with Crippen molar-refractivity contribution in [2.24, 2.45) is 0 Å². The number of anilines is 3. The van der Waals surface area contributed by atoms with Gasteiger partial charge >= 0.3 is 5.69 Å². The van der Waals surface area contributed by atoms with E-state index in [0.717, 1.165) is 19.2 Å². The fourth-order valence-electron chi connectivity index (χ4n) is 2.52. The second-order valence-electron chi connectivity index (χ2n) is 6.32. The lowest BCUT2D eigenvalue weighted by Gasteiger charge is -2.11. The van der Waals surface area contributed by atoms with Crippen LogP contribution in [-0.4, -0.2) is 32.4 Å². The topological polar surface area (TPSA) is 144 Å². The Morgan fingerprint density at radius 3 is 2.55 bits per heavy atom. The van der Waals surface area contributed by atoms with E-state index >= 15 is 0 Å². The number of aromatic nitrogens is 3.